The molecule has 2 aromatic carbocycles. The summed E-state index contributed by atoms with van der Waals surface area (Å²) in [6, 6.07) is 16.4. The number of hydrogen-bond acceptors (Lipinski definition) is 7. The number of aliphatic hydroxyl groups excluding tert-OH is 1. The van der Waals surface area contributed by atoms with Crippen molar-refractivity contribution in [3.05, 3.63) is 96.1 Å². The van der Waals surface area contributed by atoms with Crippen LogP contribution in [0, 0.1) is 11.8 Å². The van der Waals surface area contributed by atoms with E-state index in [2.05, 4.69) is 5.32 Å². The first-order chi connectivity index (χ1) is 21.9. The molecule has 5 bridgehead atoms. The minimum absolute atomic E-state index is 0.0728. The third-order valence-electron chi connectivity index (χ3n) is 9.39. The number of carbonyl (C=O) groups excluding carboxylic acids is 4. The number of allylic oxidation sites excluding steroid dienone is 1. The lowest BCUT2D eigenvalue weighted by atomic mass is 9.74. The minimum Gasteiger partial charge on any atom is -0.463 e. The highest BCUT2D eigenvalue weighted by atomic mass is 16.5. The van der Waals surface area contributed by atoms with E-state index < -0.39 is 53.5 Å². The molecule has 2 aromatic rings. The lowest BCUT2D eigenvalue weighted by Crippen LogP contribution is -2.58. The minimum atomic E-state index is -1.37. The van der Waals surface area contributed by atoms with Gasteiger partial charge in [0.05, 0.1) is 36.6 Å². The highest BCUT2D eigenvalue weighted by Gasteiger charge is 2.73. The van der Waals surface area contributed by atoms with E-state index in [4.69, 9.17) is 9.47 Å². The molecule has 2 fully saturated rings. The number of rotatable bonds is 6. The molecular formula is C35H39N3O7. The van der Waals surface area contributed by atoms with Crippen molar-refractivity contribution in [1.82, 2.24) is 15.1 Å². The molecule has 0 aromatic heterocycles. The monoisotopic (exact) mass is 613 g/mol. The molecule has 0 aliphatic carbocycles. The predicted molar refractivity (Wildman–Crippen MR) is 164 cm³/mol. The SMILES string of the molecule is CC[C@@H](CO)N1C(=O)[C@H]2[C@@H]3C(=O)N[C@H](c4ccccc4)COC(=O)CC/C=C\CN(Cc4ccccc4)C(=O)[C@H]1[C@@]21C=C[C@@H]3O1. The standard InChI is InChI=1S/C35H39N3O7/c1-2-25(21-39)38-31-34(43)37(20-23-12-6-3-7-13-23)19-11-5-10-16-28(40)44-22-26(24-14-8-4-9-15-24)36-32(41)29-27-17-18-35(31,45-27)30(29)33(38)42/h3-9,11-15,17-18,25-27,29-31,39H,2,10,16,19-22H2,1H3,(H,36,41)/b11-5-/t25-,26-,27-,29+,30+,31-,35+/m0/s1. The Morgan fingerprint density at radius 3 is 2.44 bits per heavy atom. The molecule has 4 aliphatic rings. The Kier molecular flexibility index (Phi) is 8.87. The second-order valence-electron chi connectivity index (χ2n) is 12.1. The van der Waals surface area contributed by atoms with E-state index in [9.17, 15) is 24.3 Å². The number of benzene rings is 2. The predicted octanol–water partition coefficient (Wildman–Crippen LogP) is 2.69. The number of ether oxygens (including phenoxy) is 2. The summed E-state index contributed by atoms with van der Waals surface area (Å²) in [6.45, 7) is 1.95. The van der Waals surface area contributed by atoms with Gasteiger partial charge in [-0.25, -0.2) is 0 Å². The third kappa shape index (κ3) is 5.68. The van der Waals surface area contributed by atoms with E-state index in [0.717, 1.165) is 11.1 Å². The van der Waals surface area contributed by atoms with Gasteiger partial charge in [0, 0.05) is 19.5 Å². The molecule has 7 atom stereocenters. The Hall–Kier alpha value is -4.28. The summed E-state index contributed by atoms with van der Waals surface area (Å²) in [4.78, 5) is 59.0. The average Bonchev–Trinajstić information content (AvgIpc) is 3.70. The van der Waals surface area contributed by atoms with Crippen molar-refractivity contribution in [1.29, 1.82) is 0 Å². The Morgan fingerprint density at radius 1 is 1.00 bits per heavy atom. The van der Waals surface area contributed by atoms with E-state index >= 15 is 0 Å². The van der Waals surface area contributed by atoms with Gasteiger partial charge in [-0.05, 0) is 24.0 Å². The molecule has 1 spiro atoms. The molecule has 6 rings (SSSR count). The van der Waals surface area contributed by atoms with Gasteiger partial charge in [0.1, 0.15) is 18.2 Å². The number of fused-ring (bicyclic) bond motifs is 2. The fourth-order valence-electron chi connectivity index (χ4n) is 7.15. The van der Waals surface area contributed by atoms with Crippen LogP contribution in [0.3, 0.4) is 0 Å². The number of nitrogens with one attached hydrogen (secondary N) is 1. The van der Waals surface area contributed by atoms with Crippen molar-refractivity contribution in [2.45, 2.75) is 62.6 Å². The van der Waals surface area contributed by atoms with E-state index in [1.807, 2.05) is 79.7 Å². The number of amides is 3. The van der Waals surface area contributed by atoms with Gasteiger partial charge in [-0.2, -0.15) is 0 Å². The van der Waals surface area contributed by atoms with E-state index in [-0.39, 0.29) is 44.5 Å². The van der Waals surface area contributed by atoms with Crippen LogP contribution in [0.25, 0.3) is 0 Å². The van der Waals surface area contributed by atoms with Crippen molar-refractivity contribution in [2.24, 2.45) is 11.8 Å². The fourth-order valence-corrected chi connectivity index (χ4v) is 7.15. The number of cyclic esters (lactones) is 1. The Labute approximate surface area is 262 Å². The largest absolute Gasteiger partial charge is 0.463 e. The zero-order valence-electron chi connectivity index (χ0n) is 25.3. The van der Waals surface area contributed by atoms with Crippen LogP contribution in [-0.4, -0.2) is 82.1 Å². The first-order valence-electron chi connectivity index (χ1n) is 15.7. The number of nitrogens with zero attached hydrogens (tertiary/aromatic N) is 2. The number of carbonyl (C=O) groups is 4. The van der Waals surface area contributed by atoms with Crippen LogP contribution in [0.4, 0.5) is 0 Å². The summed E-state index contributed by atoms with van der Waals surface area (Å²) in [5.74, 6) is -3.43. The van der Waals surface area contributed by atoms with Crippen LogP contribution in [0.15, 0.2) is 85.0 Å². The molecule has 10 heteroatoms. The van der Waals surface area contributed by atoms with E-state index in [1.54, 1.807) is 17.1 Å². The molecule has 4 heterocycles. The second-order valence-corrected chi connectivity index (χ2v) is 12.1. The van der Waals surface area contributed by atoms with Gasteiger partial charge in [-0.15, -0.1) is 0 Å². The molecule has 2 saturated heterocycles. The molecule has 0 radical (unpaired) electrons. The van der Waals surface area contributed by atoms with Gasteiger partial charge in [-0.3, -0.25) is 19.2 Å². The quantitative estimate of drug-likeness (QED) is 0.379. The smallest absolute Gasteiger partial charge is 0.306 e. The molecule has 0 saturated carbocycles. The Balaban J connectivity index is 1.42. The van der Waals surface area contributed by atoms with Crippen LogP contribution >= 0.6 is 0 Å². The Morgan fingerprint density at radius 2 is 1.73 bits per heavy atom. The maximum absolute atomic E-state index is 14.7. The first-order valence-corrected chi connectivity index (χ1v) is 15.7. The van der Waals surface area contributed by atoms with E-state index in [1.165, 1.54) is 4.90 Å². The first kappa shape index (κ1) is 30.7. The molecule has 2 N–H and O–H groups in total. The molecule has 4 aliphatic heterocycles. The highest BCUT2D eigenvalue weighted by molar-refractivity contribution is 6.00. The van der Waals surface area contributed by atoms with Crippen LogP contribution in [0.2, 0.25) is 0 Å². The number of likely N-dealkylation sites (tertiary alicyclic amines) is 1. The van der Waals surface area contributed by atoms with Crippen LogP contribution in [0.1, 0.15) is 43.4 Å². The molecular weight excluding hydrogens is 574 g/mol. The molecule has 3 amide bonds. The van der Waals surface area contributed by atoms with Crippen LogP contribution < -0.4 is 5.32 Å². The van der Waals surface area contributed by atoms with Gasteiger partial charge in [0.2, 0.25) is 17.7 Å². The number of esters is 1. The summed E-state index contributed by atoms with van der Waals surface area (Å²) in [5, 5.41) is 13.4. The molecule has 10 nitrogen and oxygen atoms in total. The van der Waals surface area contributed by atoms with E-state index in [0.29, 0.717) is 12.8 Å². The molecule has 0 unspecified atom stereocenters. The van der Waals surface area contributed by atoms with Gasteiger partial charge in [-0.1, -0.05) is 91.9 Å². The summed E-state index contributed by atoms with van der Waals surface area (Å²) < 4.78 is 12.1. The topological polar surface area (TPSA) is 125 Å². The normalized spacial score (nSPS) is 31.5. The van der Waals surface area contributed by atoms with Crippen molar-refractivity contribution in [3.8, 4) is 0 Å². The number of hydrogen-bond donors (Lipinski definition) is 2. The van der Waals surface area contributed by atoms with Gasteiger partial charge >= 0.3 is 5.97 Å². The summed E-state index contributed by atoms with van der Waals surface area (Å²) >= 11 is 0. The third-order valence-corrected chi connectivity index (χ3v) is 9.39. The van der Waals surface area contributed by atoms with Crippen molar-refractivity contribution in [2.75, 3.05) is 19.8 Å². The van der Waals surface area contributed by atoms with Crippen LogP contribution in [0.5, 0.6) is 0 Å². The van der Waals surface area contributed by atoms with Crippen LogP contribution in [-0.2, 0) is 35.2 Å². The summed E-state index contributed by atoms with van der Waals surface area (Å²) in [5.41, 5.74) is 0.287. The van der Waals surface area contributed by atoms with Gasteiger partial charge in [0.15, 0.2) is 0 Å². The second kappa shape index (κ2) is 13.0. The summed E-state index contributed by atoms with van der Waals surface area (Å²) in [7, 11) is 0. The van der Waals surface area contributed by atoms with Crippen molar-refractivity contribution in [3.63, 3.8) is 0 Å². The van der Waals surface area contributed by atoms with Gasteiger partial charge < -0.3 is 29.7 Å². The fraction of sp³-hybridized carbons (Fsp3) is 0.429. The number of aliphatic hydroxyl groups is 1. The average molecular weight is 614 g/mol. The maximum atomic E-state index is 14.7. The highest BCUT2D eigenvalue weighted by Crippen LogP contribution is 2.56. The van der Waals surface area contributed by atoms with Crippen molar-refractivity contribution < 1.29 is 33.8 Å². The lowest BCUT2D eigenvalue weighted by molar-refractivity contribution is -0.151. The lowest BCUT2D eigenvalue weighted by Gasteiger charge is -2.38. The maximum Gasteiger partial charge on any atom is 0.306 e. The van der Waals surface area contributed by atoms with Crippen molar-refractivity contribution >= 4 is 23.7 Å². The van der Waals surface area contributed by atoms with Gasteiger partial charge in [0.25, 0.3) is 0 Å². The molecule has 45 heavy (non-hydrogen) atoms. The Bertz CT molecular complexity index is 1470. The zero-order valence-corrected chi connectivity index (χ0v) is 25.3. The molecule has 236 valence electrons. The zero-order chi connectivity index (χ0) is 31.6. The summed E-state index contributed by atoms with van der Waals surface area (Å²) in [6.07, 6.45) is 7.48.